The average molecular weight is 541 g/mol. The van der Waals surface area contributed by atoms with Gasteiger partial charge in [-0.15, -0.1) is 0 Å². The van der Waals surface area contributed by atoms with Crippen LogP contribution in [-0.2, 0) is 28.8 Å². The Morgan fingerprint density at radius 3 is 2.29 bits per heavy atom. The number of carboxylic acids is 2. The Balaban J connectivity index is 2.01. The van der Waals surface area contributed by atoms with Crippen LogP contribution in [0.25, 0.3) is 0 Å². The van der Waals surface area contributed by atoms with E-state index in [2.05, 4.69) is 21.3 Å². The van der Waals surface area contributed by atoms with Crippen LogP contribution in [0, 0.1) is 0 Å². The van der Waals surface area contributed by atoms with E-state index in [9.17, 15) is 33.9 Å². The monoisotopic (exact) mass is 540 g/mol. The second kappa shape index (κ2) is 15.2. The van der Waals surface area contributed by atoms with Crippen molar-refractivity contribution in [2.45, 2.75) is 94.9 Å². The second-order valence-corrected chi connectivity index (χ2v) is 9.75. The van der Waals surface area contributed by atoms with Crippen molar-refractivity contribution >= 4 is 35.6 Å². The zero-order chi connectivity index (χ0) is 28.2. The maximum Gasteiger partial charge on any atom is 0.326 e. The molecule has 2 aliphatic heterocycles. The fraction of sp³-hybridized carbons (Fsp3) is 0.750. The Hall–Kier alpha value is -3.26. The largest absolute Gasteiger partial charge is 0.481 e. The number of hydrogen-bond donors (Lipinski definition) is 7. The third-order valence-corrected chi connectivity index (χ3v) is 6.79. The quantitative estimate of drug-likeness (QED) is 0.116. The van der Waals surface area contributed by atoms with Crippen LogP contribution in [0.3, 0.4) is 0 Å². The SMILES string of the molecule is C[C@H](NC(=O)[C@@H]1CCCN1C(=O)[C@H](CCC(=O)O)NC(=O)[C@@H]1CCCN1)C(=O)N[C@@H](CCCCN)C(=O)O. The van der Waals surface area contributed by atoms with E-state index in [-0.39, 0.29) is 25.8 Å². The van der Waals surface area contributed by atoms with Gasteiger partial charge in [0, 0.05) is 13.0 Å². The van der Waals surface area contributed by atoms with E-state index < -0.39 is 65.8 Å². The van der Waals surface area contributed by atoms with E-state index in [1.807, 2.05) is 0 Å². The maximum absolute atomic E-state index is 13.4. The van der Waals surface area contributed by atoms with Gasteiger partial charge in [-0.2, -0.15) is 0 Å². The normalized spacial score (nSPS) is 21.3. The first-order valence-corrected chi connectivity index (χ1v) is 13.1. The van der Waals surface area contributed by atoms with Gasteiger partial charge in [0.25, 0.3) is 0 Å². The summed E-state index contributed by atoms with van der Waals surface area (Å²) in [6, 6.07) is -4.67. The van der Waals surface area contributed by atoms with Gasteiger partial charge in [-0.05, 0) is 71.4 Å². The van der Waals surface area contributed by atoms with E-state index in [4.69, 9.17) is 10.8 Å². The highest BCUT2D eigenvalue weighted by molar-refractivity contribution is 5.95. The fourth-order valence-corrected chi connectivity index (χ4v) is 4.63. The topological polar surface area (TPSA) is 220 Å². The zero-order valence-electron chi connectivity index (χ0n) is 21.7. The van der Waals surface area contributed by atoms with Crippen molar-refractivity contribution in [3.05, 3.63) is 0 Å². The highest BCUT2D eigenvalue weighted by atomic mass is 16.4. The van der Waals surface area contributed by atoms with Gasteiger partial charge < -0.3 is 42.1 Å². The lowest BCUT2D eigenvalue weighted by atomic mass is 10.1. The molecular weight excluding hydrogens is 500 g/mol. The van der Waals surface area contributed by atoms with Gasteiger partial charge in [-0.1, -0.05) is 0 Å². The Bertz CT molecular complexity index is 878. The zero-order valence-corrected chi connectivity index (χ0v) is 21.7. The molecule has 14 heteroatoms. The van der Waals surface area contributed by atoms with Crippen LogP contribution in [0.4, 0.5) is 0 Å². The molecule has 0 unspecified atom stereocenters. The fourth-order valence-electron chi connectivity index (χ4n) is 4.63. The summed E-state index contributed by atoms with van der Waals surface area (Å²) in [5, 5.41) is 29.1. The van der Waals surface area contributed by atoms with Crippen molar-refractivity contribution in [2.75, 3.05) is 19.6 Å². The van der Waals surface area contributed by atoms with Gasteiger partial charge in [-0.3, -0.25) is 24.0 Å². The van der Waals surface area contributed by atoms with Gasteiger partial charge in [0.2, 0.25) is 23.6 Å². The predicted octanol–water partition coefficient (Wildman–Crippen LogP) is -1.72. The van der Waals surface area contributed by atoms with Crippen molar-refractivity contribution in [2.24, 2.45) is 5.73 Å². The molecule has 8 N–H and O–H groups in total. The number of aliphatic carboxylic acids is 2. The molecule has 2 aliphatic rings. The minimum atomic E-state index is -1.19. The average Bonchev–Trinajstić information content (AvgIpc) is 3.58. The Kier molecular flexibility index (Phi) is 12.4. The Morgan fingerprint density at radius 1 is 0.947 bits per heavy atom. The summed E-state index contributed by atoms with van der Waals surface area (Å²) in [4.78, 5) is 75.5. The van der Waals surface area contributed by atoms with Crippen LogP contribution in [0.1, 0.15) is 64.7 Å². The number of nitrogens with zero attached hydrogens (tertiary/aromatic N) is 1. The number of nitrogens with two attached hydrogens (primary N) is 1. The second-order valence-electron chi connectivity index (χ2n) is 9.75. The van der Waals surface area contributed by atoms with Gasteiger partial charge in [0.15, 0.2) is 0 Å². The first-order valence-electron chi connectivity index (χ1n) is 13.1. The number of carbonyl (C=O) groups excluding carboxylic acids is 4. The molecular formula is C24H40N6O8. The minimum Gasteiger partial charge on any atom is -0.481 e. The third-order valence-electron chi connectivity index (χ3n) is 6.79. The lowest BCUT2D eigenvalue weighted by Gasteiger charge is -2.30. The van der Waals surface area contributed by atoms with Crippen molar-refractivity contribution in [1.82, 2.24) is 26.2 Å². The van der Waals surface area contributed by atoms with Crippen LogP contribution in [-0.4, -0.2) is 101 Å². The lowest BCUT2D eigenvalue weighted by molar-refractivity contribution is -0.144. The molecule has 0 spiro atoms. The van der Waals surface area contributed by atoms with Crippen LogP contribution >= 0.6 is 0 Å². The molecule has 4 amide bonds. The number of carboxylic acid groups (broad SMARTS) is 2. The van der Waals surface area contributed by atoms with Gasteiger partial charge >= 0.3 is 11.9 Å². The molecule has 2 rings (SSSR count). The molecule has 38 heavy (non-hydrogen) atoms. The summed E-state index contributed by atoms with van der Waals surface area (Å²) in [7, 11) is 0. The van der Waals surface area contributed by atoms with Crippen LogP contribution < -0.4 is 27.0 Å². The Labute approximate surface area is 221 Å². The summed E-state index contributed by atoms with van der Waals surface area (Å²) in [5.74, 6) is -4.52. The molecule has 5 atom stereocenters. The van der Waals surface area contributed by atoms with Crippen LogP contribution in [0.5, 0.6) is 0 Å². The van der Waals surface area contributed by atoms with Crippen LogP contribution in [0.15, 0.2) is 0 Å². The smallest absolute Gasteiger partial charge is 0.326 e. The summed E-state index contributed by atoms with van der Waals surface area (Å²) in [5.41, 5.74) is 5.43. The molecule has 2 saturated heterocycles. The van der Waals surface area contributed by atoms with Crippen molar-refractivity contribution in [1.29, 1.82) is 0 Å². The number of unbranched alkanes of at least 4 members (excludes halogenated alkanes) is 1. The molecule has 0 aromatic rings. The summed E-state index contributed by atoms with van der Waals surface area (Å²) >= 11 is 0. The van der Waals surface area contributed by atoms with Gasteiger partial charge in [0.1, 0.15) is 24.2 Å². The molecule has 0 saturated carbocycles. The number of amides is 4. The van der Waals surface area contributed by atoms with Gasteiger partial charge in [-0.25, -0.2) is 4.79 Å². The van der Waals surface area contributed by atoms with E-state index in [1.165, 1.54) is 11.8 Å². The first-order chi connectivity index (χ1) is 18.0. The van der Waals surface area contributed by atoms with Crippen LogP contribution in [0.2, 0.25) is 0 Å². The summed E-state index contributed by atoms with van der Waals surface area (Å²) in [6.07, 6.45) is 3.12. The van der Waals surface area contributed by atoms with Crippen molar-refractivity contribution in [3.63, 3.8) is 0 Å². The maximum atomic E-state index is 13.4. The van der Waals surface area contributed by atoms with E-state index >= 15 is 0 Å². The number of hydrogen-bond acceptors (Lipinski definition) is 8. The first kappa shape index (κ1) is 31.0. The number of likely N-dealkylation sites (tertiary alicyclic amines) is 1. The summed E-state index contributed by atoms with van der Waals surface area (Å²) < 4.78 is 0. The van der Waals surface area contributed by atoms with E-state index in [1.54, 1.807) is 0 Å². The van der Waals surface area contributed by atoms with Crippen molar-refractivity contribution in [3.8, 4) is 0 Å². The number of nitrogens with one attached hydrogen (secondary N) is 4. The highest BCUT2D eigenvalue weighted by Crippen LogP contribution is 2.20. The van der Waals surface area contributed by atoms with E-state index in [0.29, 0.717) is 45.2 Å². The summed E-state index contributed by atoms with van der Waals surface area (Å²) in [6.45, 7) is 2.73. The molecule has 0 aromatic heterocycles. The number of rotatable bonds is 15. The van der Waals surface area contributed by atoms with Crippen molar-refractivity contribution < 1.29 is 39.0 Å². The molecule has 2 fully saturated rings. The highest BCUT2D eigenvalue weighted by Gasteiger charge is 2.39. The molecule has 0 radical (unpaired) electrons. The molecule has 2 heterocycles. The molecule has 0 aromatic carbocycles. The Morgan fingerprint density at radius 2 is 1.68 bits per heavy atom. The molecule has 214 valence electrons. The predicted molar refractivity (Wildman–Crippen MR) is 135 cm³/mol. The standard InChI is InChI=1S/C24H40N6O8/c1-14(20(33)29-17(24(37)38)6-2-3-11-25)27-22(35)18-8-5-13-30(18)23(36)16(9-10-19(31)32)28-21(34)15-7-4-12-26-15/h14-18,26H,2-13,25H2,1H3,(H,27,35)(H,28,34)(H,29,33)(H,31,32)(H,37,38)/t14-,15-,16-,17-,18-/m0/s1. The molecule has 14 nitrogen and oxygen atoms in total. The minimum absolute atomic E-state index is 0.128. The lowest BCUT2D eigenvalue weighted by Crippen LogP contribution is -2.57. The number of carbonyl (C=O) groups is 6. The van der Waals surface area contributed by atoms with Gasteiger partial charge in [0.05, 0.1) is 6.04 Å². The third kappa shape index (κ3) is 9.24. The molecule has 0 bridgehead atoms. The van der Waals surface area contributed by atoms with E-state index in [0.717, 1.165) is 6.42 Å². The molecule has 0 aliphatic carbocycles.